The third kappa shape index (κ3) is 11.3. The van der Waals surface area contributed by atoms with E-state index in [1.165, 1.54) is 22.3 Å². The van der Waals surface area contributed by atoms with Gasteiger partial charge in [-0.15, -0.1) is 0 Å². The van der Waals surface area contributed by atoms with E-state index in [9.17, 15) is 9.59 Å². The van der Waals surface area contributed by atoms with Crippen molar-refractivity contribution in [3.8, 4) is 46.0 Å². The maximum absolute atomic E-state index is 12.8. The van der Waals surface area contributed by atoms with Gasteiger partial charge in [0.25, 0.3) is 0 Å². The number of nitrogens with zero attached hydrogens (tertiary/aromatic N) is 2. The lowest BCUT2D eigenvalue weighted by molar-refractivity contribution is -0.941. The summed E-state index contributed by atoms with van der Waals surface area (Å²) in [6.07, 6.45) is 6.73. The Morgan fingerprint density at radius 1 is 0.485 bits per heavy atom. The summed E-state index contributed by atoms with van der Waals surface area (Å²) in [4.78, 5) is 25.6. The molecule has 0 unspecified atom stereocenters. The van der Waals surface area contributed by atoms with Crippen molar-refractivity contribution in [2.75, 3.05) is 110 Å². The number of fused-ring (bicyclic) bond motifs is 2. The van der Waals surface area contributed by atoms with Crippen molar-refractivity contribution in [3.05, 3.63) is 106 Å². The average Bonchev–Trinajstić information content (AvgIpc) is 3.34. The average molecular weight is 913 g/mol. The van der Waals surface area contributed by atoms with Gasteiger partial charge in [-0.05, 0) is 70.8 Å². The number of likely N-dealkylation sites (N-methyl/N-ethyl adjacent to an activating group) is 2. The number of rotatable bonds is 22. The van der Waals surface area contributed by atoms with Crippen LogP contribution in [-0.2, 0) is 44.7 Å². The molecule has 0 N–H and O–H groups in total. The van der Waals surface area contributed by atoms with Crippen molar-refractivity contribution in [2.45, 2.75) is 50.6 Å². The second-order valence-electron chi connectivity index (χ2n) is 17.4. The summed E-state index contributed by atoms with van der Waals surface area (Å²) in [6.45, 7) is 3.69. The van der Waals surface area contributed by atoms with Crippen LogP contribution in [0.25, 0.3) is 0 Å². The third-order valence-electron chi connectivity index (χ3n) is 13.5. The van der Waals surface area contributed by atoms with Crippen LogP contribution in [0.3, 0.4) is 0 Å². The molecule has 0 spiro atoms. The highest BCUT2D eigenvalue weighted by Gasteiger charge is 2.41. The molecule has 14 heteroatoms. The van der Waals surface area contributed by atoms with Crippen molar-refractivity contribution >= 4 is 11.9 Å². The van der Waals surface area contributed by atoms with Crippen LogP contribution in [0.1, 0.15) is 58.3 Å². The van der Waals surface area contributed by atoms with Crippen molar-refractivity contribution in [1.29, 1.82) is 0 Å². The number of carbonyl (C=O) groups excluding carboxylic acids is 2. The predicted octanol–water partition coefficient (Wildman–Crippen LogP) is 7.45. The van der Waals surface area contributed by atoms with Crippen molar-refractivity contribution < 1.29 is 65.9 Å². The molecule has 4 atom stereocenters. The minimum atomic E-state index is -0.590. The molecule has 2 aliphatic rings. The van der Waals surface area contributed by atoms with Crippen LogP contribution in [0.2, 0.25) is 0 Å². The summed E-state index contributed by atoms with van der Waals surface area (Å²) in [5, 5.41) is 0. The smallest absolute Gasteiger partial charge is 0.331 e. The molecule has 0 saturated heterocycles. The van der Waals surface area contributed by atoms with E-state index in [1.807, 2.05) is 24.3 Å². The molecule has 0 amide bonds. The Kier molecular flexibility index (Phi) is 16.7. The second kappa shape index (κ2) is 22.4. The number of benzene rings is 4. The molecule has 4 aromatic rings. The first-order valence-corrected chi connectivity index (χ1v) is 22.5. The molecular formula is C52H68N2O12+2. The normalized spacial score (nSPS) is 19.8. The Morgan fingerprint density at radius 2 is 0.818 bits per heavy atom. The van der Waals surface area contributed by atoms with E-state index in [0.717, 1.165) is 84.1 Å². The van der Waals surface area contributed by atoms with Crippen molar-refractivity contribution in [2.24, 2.45) is 0 Å². The summed E-state index contributed by atoms with van der Waals surface area (Å²) in [5.41, 5.74) is 7.06. The zero-order valence-electron chi connectivity index (χ0n) is 40.4. The standard InChI is InChI=1S/C52H68N2O12/c1-53(23-19-37-31-47(61-7)49(63-9)33-39(37)41(53)27-35-13-15-43(57-3)45(29-35)59-5)21-11-25-65-51(55)17-18-52(56)66-26-12-22-54(2)24-20-38-32-48(62-8)50(64-10)34-40(38)42(54)28-36-14-16-44(58-4)46(30-36)60-6/h13-18,29-34,41-42H,11-12,19-28H2,1-10H3/q+2/b18-17+/t41-,42-,53-,54-/m1/s1. The lowest BCUT2D eigenvalue weighted by atomic mass is 9.86. The van der Waals surface area contributed by atoms with Crippen LogP contribution in [0.5, 0.6) is 46.0 Å². The molecule has 14 nitrogen and oxygen atoms in total. The van der Waals surface area contributed by atoms with Gasteiger partial charge in [0.15, 0.2) is 46.0 Å². The fraction of sp³-hybridized carbons (Fsp3) is 0.462. The van der Waals surface area contributed by atoms with Gasteiger partial charge < -0.3 is 56.3 Å². The minimum absolute atomic E-state index is 0.0726. The first-order chi connectivity index (χ1) is 31.9. The zero-order valence-corrected chi connectivity index (χ0v) is 40.4. The first-order valence-electron chi connectivity index (χ1n) is 22.5. The second-order valence-corrected chi connectivity index (χ2v) is 17.4. The van der Waals surface area contributed by atoms with Crippen LogP contribution in [0.15, 0.2) is 72.8 Å². The van der Waals surface area contributed by atoms with Gasteiger partial charge in [0, 0.05) is 61.8 Å². The number of carbonyl (C=O) groups is 2. The molecule has 6 rings (SSSR count). The highest BCUT2D eigenvalue weighted by atomic mass is 16.5. The van der Waals surface area contributed by atoms with E-state index in [1.54, 1.807) is 56.9 Å². The fourth-order valence-corrected chi connectivity index (χ4v) is 9.75. The molecule has 66 heavy (non-hydrogen) atoms. The Labute approximate surface area is 390 Å². The van der Waals surface area contributed by atoms with Gasteiger partial charge in [0.1, 0.15) is 12.1 Å². The number of hydrogen-bond donors (Lipinski definition) is 0. The Hall–Kier alpha value is -6.12. The molecule has 4 aromatic carbocycles. The number of quaternary nitrogens is 2. The van der Waals surface area contributed by atoms with Gasteiger partial charge >= 0.3 is 11.9 Å². The van der Waals surface area contributed by atoms with Gasteiger partial charge in [0.2, 0.25) is 0 Å². The number of methoxy groups -OCH3 is 8. The lowest BCUT2D eigenvalue weighted by Gasteiger charge is -2.46. The predicted molar refractivity (Wildman–Crippen MR) is 251 cm³/mol. The molecule has 2 aliphatic heterocycles. The minimum Gasteiger partial charge on any atom is -0.493 e. The lowest BCUT2D eigenvalue weighted by Crippen LogP contribution is -2.52. The maximum Gasteiger partial charge on any atom is 0.331 e. The Balaban J connectivity index is 1.04. The maximum atomic E-state index is 12.8. The first kappa shape index (κ1) is 49.3. The number of esters is 2. The van der Waals surface area contributed by atoms with Crippen molar-refractivity contribution in [1.82, 2.24) is 0 Å². The summed E-state index contributed by atoms with van der Waals surface area (Å²) in [7, 11) is 17.7. The summed E-state index contributed by atoms with van der Waals surface area (Å²) >= 11 is 0. The summed E-state index contributed by atoms with van der Waals surface area (Å²) < 4.78 is 57.7. The van der Waals surface area contributed by atoms with E-state index in [2.05, 4.69) is 50.5 Å². The molecule has 0 aromatic heterocycles. The molecule has 0 bridgehead atoms. The molecule has 0 aliphatic carbocycles. The highest BCUT2D eigenvalue weighted by Crippen LogP contribution is 2.45. The van der Waals surface area contributed by atoms with Crippen LogP contribution in [0, 0.1) is 0 Å². The van der Waals surface area contributed by atoms with Gasteiger partial charge in [-0.25, -0.2) is 9.59 Å². The molecule has 0 radical (unpaired) electrons. The third-order valence-corrected chi connectivity index (χ3v) is 13.5. The summed E-state index contributed by atoms with van der Waals surface area (Å²) in [5.74, 6) is 4.31. The molecular weight excluding hydrogens is 845 g/mol. The highest BCUT2D eigenvalue weighted by molar-refractivity contribution is 5.91. The van der Waals surface area contributed by atoms with Gasteiger partial charge in [-0.3, -0.25) is 0 Å². The van der Waals surface area contributed by atoms with E-state index < -0.39 is 11.9 Å². The quantitative estimate of drug-likeness (QED) is 0.0337. The molecule has 356 valence electrons. The van der Waals surface area contributed by atoms with Crippen LogP contribution in [-0.4, -0.2) is 131 Å². The number of ether oxygens (including phenoxy) is 10. The SMILES string of the molecule is COc1ccc(C[C@@H]2c3cc(OC)c(OC)cc3CC[N@@+]2(C)CCCOC(=O)/C=C/C(=O)OCCC[N@+]2(C)CCc3cc(OC)c(OC)cc3[C@H]2Cc2ccc(OC)c(OC)c2)cc1OC. The zero-order chi connectivity index (χ0) is 47.4. The fourth-order valence-electron chi connectivity index (χ4n) is 9.75. The van der Waals surface area contributed by atoms with Crippen molar-refractivity contribution in [3.63, 3.8) is 0 Å². The summed E-state index contributed by atoms with van der Waals surface area (Å²) in [6, 6.07) is 20.6. The monoisotopic (exact) mass is 912 g/mol. The number of hydrogen-bond acceptors (Lipinski definition) is 12. The molecule has 0 fully saturated rings. The van der Waals surface area contributed by atoms with Gasteiger partial charge in [0.05, 0.1) is 110 Å². The van der Waals surface area contributed by atoms with Crippen LogP contribution in [0.4, 0.5) is 0 Å². The van der Waals surface area contributed by atoms with E-state index in [0.29, 0.717) is 58.8 Å². The van der Waals surface area contributed by atoms with Gasteiger partial charge in [-0.1, -0.05) is 12.1 Å². The molecule has 2 heterocycles. The van der Waals surface area contributed by atoms with E-state index in [-0.39, 0.29) is 25.3 Å². The Morgan fingerprint density at radius 3 is 1.17 bits per heavy atom. The van der Waals surface area contributed by atoms with Crippen LogP contribution >= 0.6 is 0 Å². The topological polar surface area (TPSA) is 126 Å². The largest absolute Gasteiger partial charge is 0.493 e. The van der Waals surface area contributed by atoms with Crippen LogP contribution < -0.4 is 37.9 Å². The Bertz CT molecular complexity index is 2190. The van der Waals surface area contributed by atoms with Gasteiger partial charge in [-0.2, -0.15) is 0 Å². The van der Waals surface area contributed by atoms with E-state index >= 15 is 0 Å². The van der Waals surface area contributed by atoms with E-state index in [4.69, 9.17) is 47.4 Å². The molecule has 0 saturated carbocycles.